The number of allylic oxidation sites excluding steroid dienone is 2. The van der Waals surface area contributed by atoms with Crippen molar-refractivity contribution in [2.45, 2.75) is 19.4 Å². The van der Waals surface area contributed by atoms with Crippen molar-refractivity contribution < 1.29 is 9.13 Å². The molecule has 5 rings (SSSR count). The molecule has 0 aliphatic carbocycles. The molecule has 0 bridgehead atoms. The van der Waals surface area contributed by atoms with Crippen LogP contribution < -0.4 is 15.6 Å². The van der Waals surface area contributed by atoms with Crippen molar-refractivity contribution in [3.8, 4) is 11.4 Å². The molecule has 168 valence electrons. The minimum absolute atomic E-state index is 0. The van der Waals surface area contributed by atoms with Gasteiger partial charge in [0.05, 0.1) is 17.4 Å². The Morgan fingerprint density at radius 1 is 1.28 bits per heavy atom. The minimum Gasteiger partial charge on any atom is -0.471 e. The van der Waals surface area contributed by atoms with Crippen LogP contribution in [-0.2, 0) is 20.0 Å². The molecule has 0 amide bonds. The van der Waals surface area contributed by atoms with Gasteiger partial charge in [-0.05, 0) is 43.2 Å². The Kier molecular flexibility index (Phi) is 6.34. The van der Waals surface area contributed by atoms with Crippen molar-refractivity contribution in [2.75, 3.05) is 19.8 Å². The topological polar surface area (TPSA) is 64.3 Å². The van der Waals surface area contributed by atoms with Gasteiger partial charge in [-0.1, -0.05) is 12.1 Å². The molecule has 7 nitrogen and oxygen atoms in total. The molecule has 0 radical (unpaired) electrons. The van der Waals surface area contributed by atoms with Crippen LogP contribution in [0.25, 0.3) is 16.6 Å². The fourth-order valence-electron chi connectivity index (χ4n) is 4.28. The van der Waals surface area contributed by atoms with Gasteiger partial charge in [0.15, 0.2) is 6.73 Å². The third-order valence-corrected chi connectivity index (χ3v) is 5.83. The normalized spacial score (nSPS) is 15.7. The van der Waals surface area contributed by atoms with Crippen LogP contribution in [0.1, 0.15) is 17.7 Å². The van der Waals surface area contributed by atoms with Crippen LogP contribution in [0.15, 0.2) is 59.4 Å². The summed E-state index contributed by atoms with van der Waals surface area (Å²) in [5, 5.41) is 8.99. The van der Waals surface area contributed by atoms with Crippen molar-refractivity contribution in [1.29, 1.82) is 0 Å². The van der Waals surface area contributed by atoms with E-state index in [9.17, 15) is 9.18 Å². The summed E-state index contributed by atoms with van der Waals surface area (Å²) in [6.07, 6.45) is 8.17. The minimum atomic E-state index is -0.326. The quantitative estimate of drug-likeness (QED) is 0.651. The smallest absolute Gasteiger partial charge is 0.275 e. The first kappa shape index (κ1) is 22.1. The van der Waals surface area contributed by atoms with Gasteiger partial charge in [-0.3, -0.25) is 4.79 Å². The maximum Gasteiger partial charge on any atom is 0.275 e. The van der Waals surface area contributed by atoms with E-state index in [1.807, 2.05) is 12.1 Å². The van der Waals surface area contributed by atoms with E-state index in [2.05, 4.69) is 28.1 Å². The molecule has 1 N–H and O–H groups in total. The second kappa shape index (κ2) is 9.18. The molecule has 0 atom stereocenters. The molecule has 0 spiro atoms. The van der Waals surface area contributed by atoms with Crippen molar-refractivity contribution in [1.82, 2.24) is 24.6 Å². The predicted octanol–water partition coefficient (Wildman–Crippen LogP) is 3.20. The van der Waals surface area contributed by atoms with E-state index in [0.717, 1.165) is 31.4 Å². The van der Waals surface area contributed by atoms with Gasteiger partial charge in [-0.2, -0.15) is 9.78 Å². The molecular weight excluding hydrogens is 433 g/mol. The highest BCUT2D eigenvalue weighted by molar-refractivity contribution is 5.87. The zero-order valence-electron chi connectivity index (χ0n) is 17.8. The molecule has 0 saturated carbocycles. The number of nitrogens with zero attached hydrogens (tertiary/aromatic N) is 4. The standard InChI is InChI=1S/C23H24FN5O2.ClH/c1-27-21-5-2-8-25-13-20(21)19-7-6-17(10-22(19)27)29-23(30)11-18(12-26-29)31-15-28-9-3-4-16(24)14-28;/h3-4,6-7,10-12,14,25H,2,5,8-9,13,15H2,1H3;1H. The van der Waals surface area contributed by atoms with Gasteiger partial charge >= 0.3 is 0 Å². The molecule has 0 unspecified atom stereocenters. The summed E-state index contributed by atoms with van der Waals surface area (Å²) in [6, 6.07) is 7.41. The number of hydrogen-bond donors (Lipinski definition) is 1. The Balaban J connectivity index is 0.00000245. The second-order valence-electron chi connectivity index (χ2n) is 7.87. The SMILES string of the molecule is Cl.Cn1c2c(c3ccc(-n4ncc(OCN5C=C(F)C=CC5)cc4=O)cc31)CNCCC2. The van der Waals surface area contributed by atoms with Crippen LogP contribution in [0.4, 0.5) is 4.39 Å². The summed E-state index contributed by atoms with van der Waals surface area (Å²) in [6.45, 7) is 2.58. The van der Waals surface area contributed by atoms with E-state index in [-0.39, 0.29) is 30.5 Å². The Hall–Kier alpha value is -3.10. The molecule has 1 aromatic carbocycles. The number of ether oxygens (including phenoxy) is 1. The van der Waals surface area contributed by atoms with E-state index < -0.39 is 0 Å². The van der Waals surface area contributed by atoms with Crippen LogP contribution in [0.5, 0.6) is 5.75 Å². The highest BCUT2D eigenvalue weighted by atomic mass is 35.5. The zero-order chi connectivity index (χ0) is 21.4. The zero-order valence-corrected chi connectivity index (χ0v) is 18.6. The molecule has 0 saturated heterocycles. The molecule has 3 aromatic rings. The third-order valence-electron chi connectivity index (χ3n) is 5.83. The molecule has 9 heteroatoms. The first-order valence-electron chi connectivity index (χ1n) is 10.4. The van der Waals surface area contributed by atoms with E-state index in [1.165, 1.54) is 45.9 Å². The molecule has 0 fully saturated rings. The van der Waals surface area contributed by atoms with Crippen LogP contribution in [0.2, 0.25) is 0 Å². The molecule has 2 aromatic heterocycles. The number of aromatic nitrogens is 3. The molecular formula is C23H25ClFN5O2. The van der Waals surface area contributed by atoms with Gasteiger partial charge in [-0.15, -0.1) is 12.4 Å². The lowest BCUT2D eigenvalue weighted by atomic mass is 10.1. The second-order valence-corrected chi connectivity index (χ2v) is 7.87. The average molecular weight is 458 g/mol. The number of halogens is 2. The molecule has 2 aliphatic rings. The summed E-state index contributed by atoms with van der Waals surface area (Å²) >= 11 is 0. The summed E-state index contributed by atoms with van der Waals surface area (Å²) < 4.78 is 22.5. The summed E-state index contributed by atoms with van der Waals surface area (Å²) in [5.74, 6) is 0.0230. The van der Waals surface area contributed by atoms with Crippen molar-refractivity contribution >= 4 is 23.3 Å². The van der Waals surface area contributed by atoms with E-state index >= 15 is 0 Å². The summed E-state index contributed by atoms with van der Waals surface area (Å²) in [4.78, 5) is 14.4. The van der Waals surface area contributed by atoms with E-state index in [1.54, 1.807) is 11.0 Å². The largest absolute Gasteiger partial charge is 0.471 e. The van der Waals surface area contributed by atoms with Gasteiger partial charge in [0.25, 0.3) is 5.56 Å². The fourth-order valence-corrected chi connectivity index (χ4v) is 4.28. The first-order valence-corrected chi connectivity index (χ1v) is 10.4. The Labute approximate surface area is 191 Å². The van der Waals surface area contributed by atoms with Crippen LogP contribution in [-0.4, -0.2) is 39.1 Å². The maximum atomic E-state index is 13.3. The van der Waals surface area contributed by atoms with E-state index in [4.69, 9.17) is 4.74 Å². The first-order chi connectivity index (χ1) is 15.1. The van der Waals surface area contributed by atoms with Gasteiger partial charge in [0, 0.05) is 43.5 Å². The number of hydrogen-bond acceptors (Lipinski definition) is 5. The lowest BCUT2D eigenvalue weighted by Crippen LogP contribution is -2.26. The third kappa shape index (κ3) is 4.16. The lowest BCUT2D eigenvalue weighted by molar-refractivity contribution is 0.179. The molecule has 4 heterocycles. The fraction of sp³-hybridized carbons (Fsp3) is 0.304. The van der Waals surface area contributed by atoms with Crippen molar-refractivity contribution in [3.05, 3.63) is 76.3 Å². The van der Waals surface area contributed by atoms with Crippen LogP contribution in [0, 0.1) is 0 Å². The number of nitrogens with one attached hydrogen (secondary N) is 1. The van der Waals surface area contributed by atoms with Crippen molar-refractivity contribution in [2.24, 2.45) is 7.05 Å². The predicted molar refractivity (Wildman–Crippen MR) is 124 cm³/mol. The number of rotatable bonds is 4. The van der Waals surface area contributed by atoms with Crippen LogP contribution >= 0.6 is 12.4 Å². The Morgan fingerprint density at radius 2 is 2.16 bits per heavy atom. The number of fused-ring (bicyclic) bond motifs is 3. The monoisotopic (exact) mass is 457 g/mol. The van der Waals surface area contributed by atoms with Crippen LogP contribution in [0.3, 0.4) is 0 Å². The molecule has 32 heavy (non-hydrogen) atoms. The highest BCUT2D eigenvalue weighted by Crippen LogP contribution is 2.29. The Morgan fingerprint density at radius 3 is 2.97 bits per heavy atom. The molecule has 2 aliphatic heterocycles. The number of aryl methyl sites for hydroxylation is 1. The Bertz CT molecular complexity index is 1260. The summed E-state index contributed by atoms with van der Waals surface area (Å²) in [7, 11) is 2.08. The van der Waals surface area contributed by atoms with E-state index in [0.29, 0.717) is 18.0 Å². The lowest BCUT2D eigenvalue weighted by Gasteiger charge is -2.21. The van der Waals surface area contributed by atoms with Gasteiger partial charge in [0.1, 0.15) is 11.6 Å². The van der Waals surface area contributed by atoms with Gasteiger partial charge in [-0.25, -0.2) is 4.39 Å². The summed E-state index contributed by atoms with van der Waals surface area (Å²) in [5.41, 5.74) is 4.20. The highest BCUT2D eigenvalue weighted by Gasteiger charge is 2.18. The maximum absolute atomic E-state index is 13.3. The van der Waals surface area contributed by atoms with Crippen molar-refractivity contribution in [3.63, 3.8) is 0 Å². The van der Waals surface area contributed by atoms with Gasteiger partial charge < -0.3 is 19.5 Å². The number of benzene rings is 1. The van der Waals surface area contributed by atoms with Gasteiger partial charge in [0.2, 0.25) is 0 Å². The average Bonchev–Trinajstić information content (AvgIpc) is 2.92.